The lowest BCUT2D eigenvalue weighted by Gasteiger charge is -2.32. The molecule has 7 heteroatoms. The molecule has 1 saturated heterocycles. The Hall–Kier alpha value is -3.01. The summed E-state index contributed by atoms with van der Waals surface area (Å²) >= 11 is 0. The zero-order chi connectivity index (χ0) is 16.9. The molecule has 7 nitrogen and oxygen atoms in total. The average Bonchev–Trinajstić information content (AvgIpc) is 2.62. The fraction of sp³-hybridized carbons (Fsp3) is 0.353. The maximum atomic E-state index is 12.5. The molecule has 0 radical (unpaired) electrons. The van der Waals surface area contributed by atoms with E-state index in [4.69, 9.17) is 10.00 Å². The van der Waals surface area contributed by atoms with Crippen LogP contribution >= 0.6 is 0 Å². The Morgan fingerprint density at radius 2 is 2.25 bits per heavy atom. The van der Waals surface area contributed by atoms with Gasteiger partial charge >= 0.3 is 0 Å². The first-order valence-corrected chi connectivity index (χ1v) is 7.76. The van der Waals surface area contributed by atoms with Gasteiger partial charge in [-0.15, -0.1) is 0 Å². The molecule has 2 aromatic rings. The van der Waals surface area contributed by atoms with Crippen molar-refractivity contribution in [1.29, 1.82) is 5.26 Å². The second-order valence-corrected chi connectivity index (χ2v) is 5.67. The van der Waals surface area contributed by atoms with Crippen molar-refractivity contribution in [1.82, 2.24) is 19.9 Å². The van der Waals surface area contributed by atoms with Crippen LogP contribution in [0.1, 0.15) is 34.6 Å². The monoisotopic (exact) mass is 323 g/mol. The van der Waals surface area contributed by atoms with E-state index in [1.54, 1.807) is 29.4 Å². The molecule has 0 saturated carbocycles. The van der Waals surface area contributed by atoms with Gasteiger partial charge in [-0.2, -0.15) is 5.26 Å². The zero-order valence-electron chi connectivity index (χ0n) is 13.3. The Labute approximate surface area is 139 Å². The number of piperidine rings is 1. The summed E-state index contributed by atoms with van der Waals surface area (Å²) in [6.45, 7) is 2.96. The quantitative estimate of drug-likeness (QED) is 0.854. The number of likely N-dealkylation sites (tertiary alicyclic amines) is 1. The highest BCUT2D eigenvalue weighted by Gasteiger charge is 2.26. The van der Waals surface area contributed by atoms with Gasteiger partial charge in [-0.3, -0.25) is 9.78 Å². The van der Waals surface area contributed by atoms with Gasteiger partial charge in [0.2, 0.25) is 5.88 Å². The van der Waals surface area contributed by atoms with E-state index in [2.05, 4.69) is 21.0 Å². The van der Waals surface area contributed by atoms with Gasteiger partial charge in [-0.1, -0.05) is 0 Å². The number of rotatable bonds is 3. The van der Waals surface area contributed by atoms with E-state index in [1.165, 1.54) is 6.20 Å². The number of nitriles is 1. The van der Waals surface area contributed by atoms with Crippen LogP contribution in [0, 0.1) is 18.3 Å². The number of carbonyl (C=O) groups excluding carboxylic acids is 1. The second kappa shape index (κ2) is 7.04. The van der Waals surface area contributed by atoms with Crippen LogP contribution in [0.5, 0.6) is 5.88 Å². The fourth-order valence-corrected chi connectivity index (χ4v) is 2.60. The van der Waals surface area contributed by atoms with Crippen LogP contribution in [0.25, 0.3) is 0 Å². The first kappa shape index (κ1) is 15.9. The third-order valence-corrected chi connectivity index (χ3v) is 3.82. The summed E-state index contributed by atoms with van der Waals surface area (Å²) in [6.07, 6.45) is 6.15. The van der Waals surface area contributed by atoms with Crippen molar-refractivity contribution in [3.8, 4) is 11.9 Å². The van der Waals surface area contributed by atoms with Gasteiger partial charge in [-0.05, 0) is 25.8 Å². The molecule has 2 aromatic heterocycles. The van der Waals surface area contributed by atoms with Crippen LogP contribution in [0.4, 0.5) is 0 Å². The van der Waals surface area contributed by atoms with Crippen molar-refractivity contribution < 1.29 is 9.53 Å². The van der Waals surface area contributed by atoms with Crippen LogP contribution < -0.4 is 4.74 Å². The number of hydrogen-bond acceptors (Lipinski definition) is 6. The summed E-state index contributed by atoms with van der Waals surface area (Å²) in [4.78, 5) is 26.6. The number of nitrogens with zero attached hydrogens (tertiary/aromatic N) is 5. The molecule has 0 aromatic carbocycles. The number of carbonyl (C=O) groups is 1. The van der Waals surface area contributed by atoms with Gasteiger partial charge in [0.1, 0.15) is 11.8 Å². The lowest BCUT2D eigenvalue weighted by molar-refractivity contribution is 0.0522. The molecule has 0 N–H and O–H groups in total. The van der Waals surface area contributed by atoms with Gasteiger partial charge in [0.05, 0.1) is 30.1 Å². The normalized spacial score (nSPS) is 17.2. The second-order valence-electron chi connectivity index (χ2n) is 5.67. The maximum absolute atomic E-state index is 12.5. The molecule has 0 aliphatic carbocycles. The number of pyridine rings is 1. The van der Waals surface area contributed by atoms with E-state index < -0.39 is 0 Å². The van der Waals surface area contributed by atoms with Crippen molar-refractivity contribution in [2.45, 2.75) is 25.9 Å². The van der Waals surface area contributed by atoms with Crippen LogP contribution in [-0.2, 0) is 0 Å². The van der Waals surface area contributed by atoms with E-state index >= 15 is 0 Å². The molecule has 24 heavy (non-hydrogen) atoms. The van der Waals surface area contributed by atoms with Crippen molar-refractivity contribution in [3.05, 3.63) is 47.7 Å². The van der Waals surface area contributed by atoms with Crippen molar-refractivity contribution in [2.75, 3.05) is 13.1 Å². The summed E-state index contributed by atoms with van der Waals surface area (Å²) < 4.78 is 5.84. The van der Waals surface area contributed by atoms with Crippen molar-refractivity contribution in [3.63, 3.8) is 0 Å². The first-order chi connectivity index (χ1) is 11.7. The first-order valence-electron chi connectivity index (χ1n) is 7.76. The Morgan fingerprint density at radius 1 is 1.38 bits per heavy atom. The lowest BCUT2D eigenvalue weighted by Crippen LogP contribution is -2.44. The largest absolute Gasteiger partial charge is 0.472 e. The van der Waals surface area contributed by atoms with Crippen LogP contribution in [0.2, 0.25) is 0 Å². The molecule has 1 amide bonds. The highest BCUT2D eigenvalue weighted by molar-refractivity contribution is 5.92. The van der Waals surface area contributed by atoms with Crippen molar-refractivity contribution in [2.24, 2.45) is 0 Å². The standard InChI is InChI=1S/C17H17N5O2/c1-12-9-21-15(10-20-12)17(23)22-6-2-3-14(11-22)24-16-7-13(8-18)4-5-19-16/h4-5,7,9-10,14H,2-3,6,11H2,1H3/t14-/m1/s1. The number of ether oxygens (including phenoxy) is 1. The van der Waals surface area contributed by atoms with E-state index in [-0.39, 0.29) is 12.0 Å². The average molecular weight is 323 g/mol. The third-order valence-electron chi connectivity index (χ3n) is 3.82. The minimum Gasteiger partial charge on any atom is -0.472 e. The molecular formula is C17H17N5O2. The van der Waals surface area contributed by atoms with Gasteiger partial charge in [0, 0.05) is 25.0 Å². The zero-order valence-corrected chi connectivity index (χ0v) is 13.3. The Morgan fingerprint density at radius 3 is 3.00 bits per heavy atom. The topological polar surface area (TPSA) is 92.0 Å². The smallest absolute Gasteiger partial charge is 0.274 e. The minimum absolute atomic E-state index is 0.144. The highest BCUT2D eigenvalue weighted by atomic mass is 16.5. The predicted octanol–water partition coefficient (Wildman–Crippen LogP) is 1.74. The highest BCUT2D eigenvalue weighted by Crippen LogP contribution is 2.18. The number of aryl methyl sites for hydroxylation is 1. The summed E-state index contributed by atoms with van der Waals surface area (Å²) in [7, 11) is 0. The van der Waals surface area contributed by atoms with E-state index in [0.717, 1.165) is 18.5 Å². The maximum Gasteiger partial charge on any atom is 0.274 e. The molecule has 1 aliphatic rings. The predicted molar refractivity (Wildman–Crippen MR) is 85.3 cm³/mol. The van der Waals surface area contributed by atoms with Gasteiger partial charge < -0.3 is 9.64 Å². The van der Waals surface area contributed by atoms with E-state index in [9.17, 15) is 4.79 Å². The van der Waals surface area contributed by atoms with Gasteiger partial charge in [0.25, 0.3) is 5.91 Å². The molecule has 1 fully saturated rings. The molecule has 0 spiro atoms. The molecule has 1 aliphatic heterocycles. The molecule has 3 rings (SSSR count). The Kier molecular flexibility index (Phi) is 4.66. The van der Waals surface area contributed by atoms with Gasteiger partial charge in [0.15, 0.2) is 0 Å². The molecule has 1 atom stereocenters. The van der Waals surface area contributed by atoms with Crippen LogP contribution in [0.3, 0.4) is 0 Å². The summed E-state index contributed by atoms with van der Waals surface area (Å²) in [6, 6.07) is 5.29. The minimum atomic E-state index is -0.150. The lowest BCUT2D eigenvalue weighted by atomic mass is 10.1. The summed E-state index contributed by atoms with van der Waals surface area (Å²) in [5.41, 5.74) is 1.61. The summed E-state index contributed by atoms with van der Waals surface area (Å²) in [5, 5.41) is 8.93. The summed E-state index contributed by atoms with van der Waals surface area (Å²) in [5.74, 6) is 0.262. The number of hydrogen-bond donors (Lipinski definition) is 0. The van der Waals surface area contributed by atoms with Crippen LogP contribution in [-0.4, -0.2) is 45.0 Å². The van der Waals surface area contributed by atoms with E-state index in [1.807, 2.05) is 6.92 Å². The molecular weight excluding hydrogens is 306 g/mol. The Balaban J connectivity index is 1.66. The number of aromatic nitrogens is 3. The third kappa shape index (κ3) is 3.66. The molecule has 0 bridgehead atoms. The fourth-order valence-electron chi connectivity index (χ4n) is 2.60. The van der Waals surface area contributed by atoms with Crippen LogP contribution in [0.15, 0.2) is 30.7 Å². The van der Waals surface area contributed by atoms with Crippen molar-refractivity contribution >= 4 is 5.91 Å². The molecule has 0 unspecified atom stereocenters. The Bertz CT molecular complexity index is 769. The SMILES string of the molecule is Cc1cnc(C(=O)N2CCC[C@@H](Oc3cc(C#N)ccn3)C2)cn1. The number of amides is 1. The molecule has 3 heterocycles. The molecule has 122 valence electrons. The van der Waals surface area contributed by atoms with Gasteiger partial charge in [-0.25, -0.2) is 9.97 Å². The van der Waals surface area contributed by atoms with E-state index in [0.29, 0.717) is 30.2 Å².